The highest BCUT2D eigenvalue weighted by atomic mass is 19.4. The predicted molar refractivity (Wildman–Crippen MR) is 40.3 cm³/mol. The van der Waals surface area contributed by atoms with E-state index in [1.54, 1.807) is 6.21 Å². The van der Waals surface area contributed by atoms with Gasteiger partial charge in [0.05, 0.1) is 6.54 Å². The Balaban J connectivity index is 2.53. The van der Waals surface area contributed by atoms with Crippen molar-refractivity contribution in [3.05, 3.63) is 11.6 Å². The normalized spacial score (nSPS) is 16.7. The van der Waals surface area contributed by atoms with Gasteiger partial charge in [-0.05, 0) is 0 Å². The molecule has 0 spiro atoms. The molecule has 6 heteroatoms. The molecule has 1 aliphatic rings. The third-order valence-corrected chi connectivity index (χ3v) is 1.41. The first kappa shape index (κ1) is 9.76. The quantitative estimate of drug-likeness (QED) is 0.619. The number of hydrogen-bond acceptors (Lipinski definition) is 2. The molecular formula is C7H7F3N2O. The fourth-order valence-corrected chi connectivity index (χ4v) is 0.870. The van der Waals surface area contributed by atoms with Gasteiger partial charge in [-0.2, -0.15) is 13.2 Å². The third-order valence-electron chi connectivity index (χ3n) is 1.41. The average Bonchev–Trinajstić information content (AvgIpc) is 2.03. The van der Waals surface area contributed by atoms with Gasteiger partial charge in [-0.25, -0.2) is 0 Å². The third kappa shape index (κ3) is 3.27. The zero-order valence-corrected chi connectivity index (χ0v) is 6.56. The predicted octanol–water partition coefficient (Wildman–Crippen LogP) is 1.02. The number of halogens is 3. The lowest BCUT2D eigenvalue weighted by Crippen LogP contribution is -2.38. The van der Waals surface area contributed by atoms with Crippen LogP contribution < -0.4 is 5.32 Å². The van der Waals surface area contributed by atoms with E-state index in [1.165, 1.54) is 6.08 Å². The molecule has 0 aromatic rings. The SMILES string of the molecule is O=C(NC(F)(F)F)C1=CCC=NC1. The maximum atomic E-state index is 11.7. The van der Waals surface area contributed by atoms with Gasteiger partial charge in [-0.3, -0.25) is 15.1 Å². The van der Waals surface area contributed by atoms with E-state index in [0.29, 0.717) is 6.42 Å². The fourth-order valence-electron chi connectivity index (χ4n) is 0.870. The Morgan fingerprint density at radius 3 is 2.69 bits per heavy atom. The topological polar surface area (TPSA) is 41.5 Å². The Morgan fingerprint density at radius 2 is 2.23 bits per heavy atom. The summed E-state index contributed by atoms with van der Waals surface area (Å²) < 4.78 is 35.0. The maximum Gasteiger partial charge on any atom is 0.484 e. The van der Waals surface area contributed by atoms with E-state index in [2.05, 4.69) is 4.99 Å². The summed E-state index contributed by atoms with van der Waals surface area (Å²) in [4.78, 5) is 14.5. The van der Waals surface area contributed by atoms with Gasteiger partial charge in [0.2, 0.25) is 0 Å². The van der Waals surface area contributed by atoms with Gasteiger partial charge in [0.25, 0.3) is 5.91 Å². The van der Waals surface area contributed by atoms with E-state index in [9.17, 15) is 18.0 Å². The molecule has 0 aromatic carbocycles. The Bertz CT molecular complexity index is 267. The van der Waals surface area contributed by atoms with Crippen LogP contribution in [0.3, 0.4) is 0 Å². The number of nitrogens with zero attached hydrogens (tertiary/aromatic N) is 1. The Hall–Kier alpha value is -1.33. The van der Waals surface area contributed by atoms with E-state index in [-0.39, 0.29) is 12.1 Å². The number of carbonyl (C=O) groups is 1. The minimum Gasteiger partial charge on any atom is -0.292 e. The number of aliphatic imine (C=N–C) groups is 1. The van der Waals surface area contributed by atoms with E-state index in [0.717, 1.165) is 5.32 Å². The van der Waals surface area contributed by atoms with Crippen molar-refractivity contribution in [3.8, 4) is 0 Å². The van der Waals surface area contributed by atoms with Crippen LogP contribution >= 0.6 is 0 Å². The molecular weight excluding hydrogens is 185 g/mol. The molecule has 3 nitrogen and oxygen atoms in total. The summed E-state index contributed by atoms with van der Waals surface area (Å²) in [5.41, 5.74) is 0.0554. The number of dihydropyridines is 1. The molecule has 13 heavy (non-hydrogen) atoms. The van der Waals surface area contributed by atoms with Gasteiger partial charge in [0, 0.05) is 18.2 Å². The van der Waals surface area contributed by atoms with Crippen LogP contribution in [-0.2, 0) is 4.79 Å². The number of amides is 1. The first-order valence-electron chi connectivity index (χ1n) is 3.55. The molecule has 1 aliphatic heterocycles. The fraction of sp³-hybridized carbons (Fsp3) is 0.429. The molecule has 72 valence electrons. The van der Waals surface area contributed by atoms with Crippen LogP contribution in [0.15, 0.2) is 16.6 Å². The summed E-state index contributed by atoms with van der Waals surface area (Å²) in [6.45, 7) is 0.0158. The lowest BCUT2D eigenvalue weighted by Gasteiger charge is -2.11. The summed E-state index contributed by atoms with van der Waals surface area (Å²) in [5.74, 6) is -1.12. The van der Waals surface area contributed by atoms with Crippen LogP contribution in [-0.4, -0.2) is 25.0 Å². The number of carbonyl (C=O) groups excluding carboxylic acids is 1. The zero-order valence-electron chi connectivity index (χ0n) is 6.56. The van der Waals surface area contributed by atoms with Gasteiger partial charge < -0.3 is 0 Å². The minimum absolute atomic E-state index is 0.0158. The second-order valence-electron chi connectivity index (χ2n) is 2.44. The van der Waals surface area contributed by atoms with Crippen LogP contribution in [0.4, 0.5) is 13.2 Å². The van der Waals surface area contributed by atoms with Crippen LogP contribution in [0.5, 0.6) is 0 Å². The van der Waals surface area contributed by atoms with Gasteiger partial charge in [-0.15, -0.1) is 0 Å². The minimum atomic E-state index is -4.67. The number of nitrogens with one attached hydrogen (secondary N) is 1. The first-order chi connectivity index (χ1) is 5.99. The maximum absolute atomic E-state index is 11.7. The molecule has 1 N–H and O–H groups in total. The van der Waals surface area contributed by atoms with Crippen LogP contribution in [0, 0.1) is 0 Å². The van der Waals surface area contributed by atoms with E-state index < -0.39 is 12.2 Å². The summed E-state index contributed by atoms with van der Waals surface area (Å²) in [6, 6.07) is 0. The lowest BCUT2D eigenvalue weighted by atomic mass is 10.2. The van der Waals surface area contributed by atoms with Crippen molar-refractivity contribution in [2.24, 2.45) is 4.99 Å². The van der Waals surface area contributed by atoms with Crippen molar-refractivity contribution >= 4 is 12.1 Å². The molecule has 0 saturated heterocycles. The van der Waals surface area contributed by atoms with Crippen molar-refractivity contribution in [2.75, 3.05) is 6.54 Å². The average molecular weight is 192 g/mol. The molecule has 1 heterocycles. The zero-order chi connectivity index (χ0) is 9.90. The van der Waals surface area contributed by atoms with Gasteiger partial charge >= 0.3 is 6.30 Å². The van der Waals surface area contributed by atoms with Crippen LogP contribution in [0.25, 0.3) is 0 Å². The molecule has 0 atom stereocenters. The van der Waals surface area contributed by atoms with E-state index >= 15 is 0 Å². The highest BCUT2D eigenvalue weighted by molar-refractivity contribution is 5.95. The highest BCUT2D eigenvalue weighted by Crippen LogP contribution is 2.12. The molecule has 0 radical (unpaired) electrons. The second-order valence-corrected chi connectivity index (χ2v) is 2.44. The molecule has 1 amide bonds. The molecule has 0 unspecified atom stereocenters. The Labute approximate surface area is 72.3 Å². The number of allylic oxidation sites excluding steroid dienone is 1. The van der Waals surface area contributed by atoms with Crippen LogP contribution in [0.2, 0.25) is 0 Å². The highest BCUT2D eigenvalue weighted by Gasteiger charge is 2.31. The summed E-state index contributed by atoms with van der Waals surface area (Å²) >= 11 is 0. The van der Waals surface area contributed by atoms with E-state index in [4.69, 9.17) is 0 Å². The molecule has 0 aromatic heterocycles. The second kappa shape index (κ2) is 3.59. The van der Waals surface area contributed by atoms with Gasteiger partial charge in [0.15, 0.2) is 0 Å². The molecule has 0 bridgehead atoms. The van der Waals surface area contributed by atoms with Crippen molar-refractivity contribution in [1.29, 1.82) is 0 Å². The molecule has 1 rings (SSSR count). The summed E-state index contributed by atoms with van der Waals surface area (Å²) in [6.07, 6.45) is -1.29. The van der Waals surface area contributed by atoms with Crippen molar-refractivity contribution in [2.45, 2.75) is 12.7 Å². The molecule has 0 fully saturated rings. The summed E-state index contributed by atoms with van der Waals surface area (Å²) in [5, 5.41) is 0.908. The van der Waals surface area contributed by atoms with Gasteiger partial charge in [0.1, 0.15) is 0 Å². The number of hydrogen-bond donors (Lipinski definition) is 1. The van der Waals surface area contributed by atoms with E-state index in [1.807, 2.05) is 0 Å². The van der Waals surface area contributed by atoms with Crippen LogP contribution in [0.1, 0.15) is 6.42 Å². The lowest BCUT2D eigenvalue weighted by molar-refractivity contribution is -0.167. The molecule has 0 aliphatic carbocycles. The largest absolute Gasteiger partial charge is 0.484 e. The monoisotopic (exact) mass is 192 g/mol. The summed E-state index contributed by atoms with van der Waals surface area (Å²) in [7, 11) is 0. The number of alkyl halides is 3. The first-order valence-corrected chi connectivity index (χ1v) is 3.55. The number of rotatable bonds is 1. The van der Waals surface area contributed by atoms with Crippen molar-refractivity contribution < 1.29 is 18.0 Å². The smallest absolute Gasteiger partial charge is 0.292 e. The van der Waals surface area contributed by atoms with Gasteiger partial charge in [-0.1, -0.05) is 6.08 Å². The van der Waals surface area contributed by atoms with Crippen molar-refractivity contribution in [1.82, 2.24) is 5.32 Å². The Kier molecular flexibility index (Phi) is 2.69. The standard InChI is InChI=1S/C7H7F3N2O/c8-7(9,10)12-6(13)5-2-1-3-11-4-5/h2-3H,1,4H2,(H,12,13). The Morgan fingerprint density at radius 1 is 1.54 bits per heavy atom. The molecule has 0 saturated carbocycles. The van der Waals surface area contributed by atoms with Crippen molar-refractivity contribution in [3.63, 3.8) is 0 Å².